The molecule has 0 radical (unpaired) electrons. The van der Waals surface area contributed by atoms with Gasteiger partial charge in [-0.15, -0.1) is 0 Å². The number of para-hydroxylation sites is 1. The van der Waals surface area contributed by atoms with Crippen molar-refractivity contribution >= 4 is 11.6 Å². The molecule has 0 spiro atoms. The Kier molecular flexibility index (Phi) is 3.34. The quantitative estimate of drug-likeness (QED) is 0.858. The zero-order valence-corrected chi connectivity index (χ0v) is 9.38. The molecule has 15 heavy (non-hydrogen) atoms. The third-order valence-electron chi connectivity index (χ3n) is 2.44. The normalized spacial score (nSPS) is 20.3. The predicted molar refractivity (Wildman–Crippen MR) is 59.9 cm³/mol. The van der Waals surface area contributed by atoms with Gasteiger partial charge in [-0.3, -0.25) is 0 Å². The number of halogens is 1. The first-order valence-electron chi connectivity index (χ1n) is 5.01. The van der Waals surface area contributed by atoms with Crippen molar-refractivity contribution in [1.82, 2.24) is 5.32 Å². The largest absolute Gasteiger partial charge is 0.491 e. The summed E-state index contributed by atoms with van der Waals surface area (Å²) < 4.78 is 11.0. The summed E-state index contributed by atoms with van der Waals surface area (Å²) in [7, 11) is 1.60. The third-order valence-corrected chi connectivity index (χ3v) is 2.74. The van der Waals surface area contributed by atoms with E-state index in [9.17, 15) is 0 Å². The van der Waals surface area contributed by atoms with E-state index in [4.69, 9.17) is 21.1 Å². The number of nitrogens with one attached hydrogen (secondary N) is 1. The molecule has 1 atom stereocenters. The topological polar surface area (TPSA) is 30.5 Å². The van der Waals surface area contributed by atoms with Crippen molar-refractivity contribution in [3.05, 3.63) is 23.2 Å². The maximum absolute atomic E-state index is 5.99. The molecule has 1 aliphatic heterocycles. The fraction of sp³-hybridized carbons (Fsp3) is 0.455. The molecular formula is C11H14ClNO2. The molecule has 0 aromatic heterocycles. The fourth-order valence-electron chi connectivity index (χ4n) is 1.69. The molecule has 3 nitrogen and oxygen atoms in total. The first kappa shape index (κ1) is 10.6. The summed E-state index contributed by atoms with van der Waals surface area (Å²) in [5, 5.41) is 3.83. The van der Waals surface area contributed by atoms with Crippen LogP contribution in [0.1, 0.15) is 6.42 Å². The van der Waals surface area contributed by atoms with Crippen LogP contribution in [0, 0.1) is 0 Å². The number of methoxy groups -OCH3 is 1. The van der Waals surface area contributed by atoms with Gasteiger partial charge >= 0.3 is 0 Å². The molecule has 0 amide bonds. The number of benzene rings is 1. The van der Waals surface area contributed by atoms with Crippen LogP contribution in [-0.2, 0) is 0 Å². The van der Waals surface area contributed by atoms with E-state index in [-0.39, 0.29) is 6.10 Å². The van der Waals surface area contributed by atoms with Crippen molar-refractivity contribution in [3.63, 3.8) is 0 Å². The van der Waals surface area contributed by atoms with Gasteiger partial charge in [0.1, 0.15) is 6.10 Å². The maximum atomic E-state index is 5.99. The van der Waals surface area contributed by atoms with Gasteiger partial charge < -0.3 is 14.8 Å². The van der Waals surface area contributed by atoms with Crippen molar-refractivity contribution in [2.75, 3.05) is 20.2 Å². The van der Waals surface area contributed by atoms with Crippen LogP contribution in [0.15, 0.2) is 18.2 Å². The highest BCUT2D eigenvalue weighted by molar-refractivity contribution is 6.32. The number of hydrogen-bond acceptors (Lipinski definition) is 3. The lowest BCUT2D eigenvalue weighted by atomic mass is 10.3. The molecule has 0 aliphatic carbocycles. The Morgan fingerprint density at radius 3 is 3.00 bits per heavy atom. The molecule has 2 rings (SSSR count). The van der Waals surface area contributed by atoms with Gasteiger partial charge in [0.15, 0.2) is 11.5 Å². The van der Waals surface area contributed by atoms with Crippen LogP contribution in [0.2, 0.25) is 5.02 Å². The molecule has 1 aromatic carbocycles. The van der Waals surface area contributed by atoms with Crippen molar-refractivity contribution in [3.8, 4) is 11.5 Å². The molecule has 1 N–H and O–H groups in total. The van der Waals surface area contributed by atoms with Crippen LogP contribution in [0.25, 0.3) is 0 Å². The monoisotopic (exact) mass is 227 g/mol. The van der Waals surface area contributed by atoms with Gasteiger partial charge in [-0.25, -0.2) is 0 Å². The van der Waals surface area contributed by atoms with Gasteiger partial charge in [0.05, 0.1) is 12.1 Å². The fourth-order valence-corrected chi connectivity index (χ4v) is 1.93. The van der Waals surface area contributed by atoms with Crippen LogP contribution in [0.4, 0.5) is 0 Å². The highest BCUT2D eigenvalue weighted by Crippen LogP contribution is 2.35. The van der Waals surface area contributed by atoms with Crippen molar-refractivity contribution in [2.45, 2.75) is 12.5 Å². The van der Waals surface area contributed by atoms with E-state index >= 15 is 0 Å². The SMILES string of the molecule is COc1c(Cl)cccc1OC1CCNC1. The summed E-state index contributed by atoms with van der Waals surface area (Å²) in [6.45, 7) is 1.89. The standard InChI is InChI=1S/C11H14ClNO2/c1-14-11-9(12)3-2-4-10(11)15-8-5-6-13-7-8/h2-4,8,13H,5-7H2,1H3. The number of ether oxygens (including phenoxy) is 2. The second-order valence-electron chi connectivity index (χ2n) is 3.50. The average molecular weight is 228 g/mol. The molecule has 0 bridgehead atoms. The van der Waals surface area contributed by atoms with E-state index in [0.29, 0.717) is 10.8 Å². The van der Waals surface area contributed by atoms with E-state index in [1.165, 1.54) is 0 Å². The second-order valence-corrected chi connectivity index (χ2v) is 3.91. The van der Waals surface area contributed by atoms with Gasteiger partial charge in [0, 0.05) is 6.54 Å². The van der Waals surface area contributed by atoms with Crippen molar-refractivity contribution < 1.29 is 9.47 Å². The second kappa shape index (κ2) is 4.73. The molecule has 1 fully saturated rings. The van der Waals surface area contributed by atoms with Crippen LogP contribution >= 0.6 is 11.6 Å². The van der Waals surface area contributed by atoms with Gasteiger partial charge in [0.25, 0.3) is 0 Å². The first-order valence-corrected chi connectivity index (χ1v) is 5.39. The number of rotatable bonds is 3. The zero-order valence-electron chi connectivity index (χ0n) is 8.63. The Morgan fingerprint density at radius 2 is 2.33 bits per heavy atom. The van der Waals surface area contributed by atoms with E-state index in [2.05, 4.69) is 5.32 Å². The minimum absolute atomic E-state index is 0.220. The molecule has 1 unspecified atom stereocenters. The van der Waals surface area contributed by atoms with Gasteiger partial charge in [-0.05, 0) is 25.1 Å². The highest BCUT2D eigenvalue weighted by Gasteiger charge is 2.18. The summed E-state index contributed by atoms with van der Waals surface area (Å²) in [6.07, 6.45) is 1.24. The predicted octanol–water partition coefficient (Wildman–Crippen LogP) is 2.09. The van der Waals surface area contributed by atoms with Crippen LogP contribution < -0.4 is 14.8 Å². The minimum atomic E-state index is 0.220. The summed E-state index contributed by atoms with van der Waals surface area (Å²) in [4.78, 5) is 0. The van der Waals surface area contributed by atoms with Crippen LogP contribution in [-0.4, -0.2) is 26.3 Å². The van der Waals surface area contributed by atoms with Gasteiger partial charge in [-0.2, -0.15) is 0 Å². The lowest BCUT2D eigenvalue weighted by Crippen LogP contribution is -2.19. The summed E-state index contributed by atoms with van der Waals surface area (Å²) in [5.74, 6) is 1.34. The Morgan fingerprint density at radius 1 is 1.47 bits per heavy atom. The number of hydrogen-bond donors (Lipinski definition) is 1. The van der Waals surface area contributed by atoms with E-state index in [0.717, 1.165) is 25.3 Å². The highest BCUT2D eigenvalue weighted by atomic mass is 35.5. The van der Waals surface area contributed by atoms with Crippen LogP contribution in [0.3, 0.4) is 0 Å². The molecule has 1 heterocycles. The van der Waals surface area contributed by atoms with Crippen molar-refractivity contribution in [1.29, 1.82) is 0 Å². The van der Waals surface area contributed by atoms with E-state index in [1.807, 2.05) is 12.1 Å². The minimum Gasteiger partial charge on any atom is -0.491 e. The molecule has 1 aromatic rings. The lowest BCUT2D eigenvalue weighted by molar-refractivity contribution is 0.213. The van der Waals surface area contributed by atoms with Gasteiger partial charge in [-0.1, -0.05) is 17.7 Å². The first-order chi connectivity index (χ1) is 7.31. The maximum Gasteiger partial charge on any atom is 0.179 e. The molecular weight excluding hydrogens is 214 g/mol. The Balaban J connectivity index is 2.15. The molecule has 4 heteroatoms. The summed E-state index contributed by atoms with van der Waals surface area (Å²) >= 11 is 5.99. The Labute approximate surface area is 94.3 Å². The Hall–Kier alpha value is -0.930. The van der Waals surface area contributed by atoms with Crippen LogP contribution in [0.5, 0.6) is 11.5 Å². The lowest BCUT2D eigenvalue weighted by Gasteiger charge is -2.15. The molecule has 1 saturated heterocycles. The summed E-state index contributed by atoms with van der Waals surface area (Å²) in [6, 6.07) is 5.53. The smallest absolute Gasteiger partial charge is 0.179 e. The molecule has 0 saturated carbocycles. The molecule has 1 aliphatic rings. The van der Waals surface area contributed by atoms with Crippen molar-refractivity contribution in [2.24, 2.45) is 0 Å². The average Bonchev–Trinajstić information content (AvgIpc) is 2.71. The van der Waals surface area contributed by atoms with Gasteiger partial charge in [0.2, 0.25) is 0 Å². The molecule has 82 valence electrons. The Bertz CT molecular complexity index is 337. The van der Waals surface area contributed by atoms with E-state index < -0.39 is 0 Å². The summed E-state index contributed by atoms with van der Waals surface area (Å²) in [5.41, 5.74) is 0. The third kappa shape index (κ3) is 2.36. The zero-order chi connectivity index (χ0) is 10.7. The van der Waals surface area contributed by atoms with E-state index in [1.54, 1.807) is 13.2 Å².